The molecule has 2 N–H and O–H groups in total. The van der Waals surface area contributed by atoms with Crippen LogP contribution in [0.3, 0.4) is 0 Å². The first-order valence-electron chi connectivity index (χ1n) is 4.96. The molecule has 0 radical (unpaired) electrons. The fourth-order valence-corrected chi connectivity index (χ4v) is 2.63. The second kappa shape index (κ2) is 4.52. The molecule has 0 atom stereocenters. The molecular formula is C10H13NO5S. The van der Waals surface area contributed by atoms with Crippen molar-refractivity contribution < 1.29 is 22.7 Å². The summed E-state index contributed by atoms with van der Waals surface area (Å²) >= 11 is 0. The van der Waals surface area contributed by atoms with Crippen molar-refractivity contribution >= 4 is 9.84 Å². The molecule has 2 rings (SSSR count). The standard InChI is InChI=1S/C10H13NO5S/c1-17(12,13)10-5-9-8(14-6-15-9)4-7(10)2-3-16-11/h4-5H,2-3,6,11H2,1H3. The third-order valence-electron chi connectivity index (χ3n) is 2.44. The molecule has 1 aromatic rings. The van der Waals surface area contributed by atoms with Crippen LogP contribution in [-0.4, -0.2) is 28.1 Å². The Morgan fingerprint density at radius 3 is 2.59 bits per heavy atom. The Kier molecular flexibility index (Phi) is 3.23. The molecule has 6 nitrogen and oxygen atoms in total. The molecule has 1 heterocycles. The normalized spacial score (nSPS) is 14.0. The minimum absolute atomic E-state index is 0.107. The van der Waals surface area contributed by atoms with Crippen molar-refractivity contribution in [2.24, 2.45) is 5.90 Å². The monoisotopic (exact) mass is 259 g/mol. The highest BCUT2D eigenvalue weighted by Gasteiger charge is 2.21. The van der Waals surface area contributed by atoms with Crippen LogP contribution >= 0.6 is 0 Å². The van der Waals surface area contributed by atoms with E-state index in [1.165, 1.54) is 6.07 Å². The zero-order valence-electron chi connectivity index (χ0n) is 9.30. The quantitative estimate of drug-likeness (QED) is 0.780. The molecule has 0 bridgehead atoms. The van der Waals surface area contributed by atoms with Crippen LogP contribution in [0.1, 0.15) is 5.56 Å². The third kappa shape index (κ3) is 2.51. The maximum atomic E-state index is 11.6. The van der Waals surface area contributed by atoms with Crippen LogP contribution in [-0.2, 0) is 21.1 Å². The number of fused-ring (bicyclic) bond motifs is 1. The zero-order valence-corrected chi connectivity index (χ0v) is 10.1. The Morgan fingerprint density at radius 2 is 2.00 bits per heavy atom. The maximum Gasteiger partial charge on any atom is 0.231 e. The summed E-state index contributed by atoms with van der Waals surface area (Å²) < 4.78 is 33.6. The number of hydrogen-bond donors (Lipinski definition) is 1. The van der Waals surface area contributed by atoms with Gasteiger partial charge < -0.3 is 14.3 Å². The lowest BCUT2D eigenvalue weighted by Gasteiger charge is -2.08. The van der Waals surface area contributed by atoms with Crippen molar-refractivity contribution in [3.8, 4) is 11.5 Å². The molecule has 0 amide bonds. The van der Waals surface area contributed by atoms with Gasteiger partial charge in [0.05, 0.1) is 11.5 Å². The van der Waals surface area contributed by atoms with E-state index in [9.17, 15) is 8.42 Å². The molecule has 0 saturated carbocycles. The number of nitrogens with two attached hydrogens (primary N) is 1. The van der Waals surface area contributed by atoms with Crippen LogP contribution in [0.5, 0.6) is 11.5 Å². The summed E-state index contributed by atoms with van der Waals surface area (Å²) in [6.07, 6.45) is 1.55. The van der Waals surface area contributed by atoms with Gasteiger partial charge in [0.2, 0.25) is 6.79 Å². The van der Waals surface area contributed by atoms with Crippen LogP contribution < -0.4 is 15.4 Å². The Hall–Kier alpha value is -1.31. The predicted molar refractivity (Wildman–Crippen MR) is 59.5 cm³/mol. The molecule has 7 heteroatoms. The second-order valence-electron chi connectivity index (χ2n) is 3.71. The predicted octanol–water partition coefficient (Wildman–Crippen LogP) is 0.252. The number of ether oxygens (including phenoxy) is 2. The maximum absolute atomic E-state index is 11.6. The first-order valence-corrected chi connectivity index (χ1v) is 6.86. The van der Waals surface area contributed by atoms with Crippen LogP contribution in [0.25, 0.3) is 0 Å². The summed E-state index contributed by atoms with van der Waals surface area (Å²) in [7, 11) is -3.32. The van der Waals surface area contributed by atoms with Crippen LogP contribution in [0, 0.1) is 0 Å². The number of rotatable bonds is 4. The van der Waals surface area contributed by atoms with Gasteiger partial charge in [-0.15, -0.1) is 0 Å². The van der Waals surface area contributed by atoms with E-state index >= 15 is 0 Å². The molecule has 0 fully saturated rings. The summed E-state index contributed by atoms with van der Waals surface area (Å²) in [6, 6.07) is 3.13. The van der Waals surface area contributed by atoms with Gasteiger partial charge in [-0.3, -0.25) is 0 Å². The average molecular weight is 259 g/mol. The first-order chi connectivity index (χ1) is 8.02. The van der Waals surface area contributed by atoms with E-state index in [0.717, 1.165) is 6.26 Å². The minimum atomic E-state index is -3.32. The van der Waals surface area contributed by atoms with Gasteiger partial charge in [-0.25, -0.2) is 14.3 Å². The Morgan fingerprint density at radius 1 is 1.35 bits per heavy atom. The fraction of sp³-hybridized carbons (Fsp3) is 0.400. The smallest absolute Gasteiger partial charge is 0.231 e. The van der Waals surface area contributed by atoms with Gasteiger partial charge in [0, 0.05) is 12.3 Å². The summed E-state index contributed by atoms with van der Waals surface area (Å²) in [5.74, 6) is 5.94. The molecule has 0 unspecified atom stereocenters. The Labute approximate surface area is 99.1 Å². The molecule has 1 aliphatic rings. The van der Waals surface area contributed by atoms with E-state index in [2.05, 4.69) is 4.84 Å². The van der Waals surface area contributed by atoms with E-state index in [4.69, 9.17) is 15.4 Å². The molecule has 17 heavy (non-hydrogen) atoms. The van der Waals surface area contributed by atoms with Gasteiger partial charge >= 0.3 is 0 Å². The lowest BCUT2D eigenvalue weighted by atomic mass is 10.1. The molecule has 1 aliphatic heterocycles. The van der Waals surface area contributed by atoms with E-state index in [1.807, 2.05) is 0 Å². The Balaban J connectivity index is 2.47. The van der Waals surface area contributed by atoms with Crippen molar-refractivity contribution in [3.05, 3.63) is 17.7 Å². The molecule has 0 aliphatic carbocycles. The minimum Gasteiger partial charge on any atom is -0.454 e. The van der Waals surface area contributed by atoms with Crippen LogP contribution in [0.4, 0.5) is 0 Å². The number of sulfone groups is 1. The van der Waals surface area contributed by atoms with Gasteiger partial charge in [0.1, 0.15) is 0 Å². The van der Waals surface area contributed by atoms with Crippen molar-refractivity contribution in [1.29, 1.82) is 0 Å². The van der Waals surface area contributed by atoms with Crippen molar-refractivity contribution in [3.63, 3.8) is 0 Å². The lowest BCUT2D eigenvalue weighted by Crippen LogP contribution is -2.08. The SMILES string of the molecule is CS(=O)(=O)c1cc2c(cc1CCON)OCO2. The van der Waals surface area contributed by atoms with Crippen LogP contribution in [0.15, 0.2) is 17.0 Å². The highest BCUT2D eigenvalue weighted by atomic mass is 32.2. The van der Waals surface area contributed by atoms with E-state index in [0.29, 0.717) is 23.5 Å². The van der Waals surface area contributed by atoms with E-state index in [1.54, 1.807) is 6.07 Å². The summed E-state index contributed by atoms with van der Waals surface area (Å²) in [5.41, 5.74) is 0.613. The lowest BCUT2D eigenvalue weighted by molar-refractivity contribution is 0.141. The molecule has 0 spiro atoms. The summed E-state index contributed by atoms with van der Waals surface area (Å²) in [4.78, 5) is 4.69. The zero-order chi connectivity index (χ0) is 12.5. The van der Waals surface area contributed by atoms with Crippen molar-refractivity contribution in [2.45, 2.75) is 11.3 Å². The van der Waals surface area contributed by atoms with Crippen molar-refractivity contribution in [2.75, 3.05) is 19.7 Å². The fourth-order valence-electron chi connectivity index (χ4n) is 1.67. The third-order valence-corrected chi connectivity index (χ3v) is 3.62. The largest absolute Gasteiger partial charge is 0.454 e. The molecular weight excluding hydrogens is 246 g/mol. The van der Waals surface area contributed by atoms with Gasteiger partial charge in [0.25, 0.3) is 0 Å². The Bertz CT molecular complexity index is 526. The highest BCUT2D eigenvalue weighted by Crippen LogP contribution is 2.36. The van der Waals surface area contributed by atoms with Gasteiger partial charge in [-0.1, -0.05) is 0 Å². The first kappa shape index (κ1) is 12.2. The highest BCUT2D eigenvalue weighted by molar-refractivity contribution is 7.90. The average Bonchev–Trinajstić information content (AvgIpc) is 2.70. The van der Waals surface area contributed by atoms with E-state index < -0.39 is 9.84 Å². The summed E-state index contributed by atoms with van der Waals surface area (Å²) in [6.45, 7) is 0.345. The topological polar surface area (TPSA) is 87.9 Å². The van der Waals surface area contributed by atoms with Crippen LogP contribution in [0.2, 0.25) is 0 Å². The van der Waals surface area contributed by atoms with Crippen molar-refractivity contribution in [1.82, 2.24) is 0 Å². The van der Waals surface area contributed by atoms with Gasteiger partial charge in [-0.2, -0.15) is 0 Å². The summed E-state index contributed by atoms with van der Waals surface area (Å²) in [5, 5.41) is 0. The number of hydrogen-bond acceptors (Lipinski definition) is 6. The second-order valence-corrected chi connectivity index (χ2v) is 5.69. The molecule has 1 aromatic carbocycles. The van der Waals surface area contributed by atoms with Gasteiger partial charge in [0.15, 0.2) is 21.3 Å². The van der Waals surface area contributed by atoms with Gasteiger partial charge in [-0.05, 0) is 18.1 Å². The molecule has 0 aromatic heterocycles. The number of benzene rings is 1. The molecule has 0 saturated heterocycles. The molecule has 94 valence electrons. The van der Waals surface area contributed by atoms with E-state index in [-0.39, 0.29) is 18.3 Å².